The summed E-state index contributed by atoms with van der Waals surface area (Å²) in [6, 6.07) is 2.91. The molecule has 1 aliphatic heterocycles. The summed E-state index contributed by atoms with van der Waals surface area (Å²) in [6.07, 6.45) is 3.97. The Kier molecular flexibility index (Phi) is 5.90. The highest BCUT2D eigenvalue weighted by atomic mass is 32.1. The van der Waals surface area contributed by atoms with Crippen molar-refractivity contribution in [1.82, 2.24) is 19.8 Å². The van der Waals surface area contributed by atoms with Crippen molar-refractivity contribution in [2.75, 3.05) is 27.2 Å². The number of nitrogens with zero attached hydrogens (tertiary/aromatic N) is 4. The molecule has 2 aromatic heterocycles. The number of amides is 1. The predicted octanol–water partition coefficient (Wildman–Crippen LogP) is 2.68. The van der Waals surface area contributed by atoms with Gasteiger partial charge >= 0.3 is 0 Å². The van der Waals surface area contributed by atoms with E-state index in [0.717, 1.165) is 23.5 Å². The van der Waals surface area contributed by atoms with Crippen molar-refractivity contribution in [1.29, 1.82) is 0 Å². The summed E-state index contributed by atoms with van der Waals surface area (Å²) in [6.45, 7) is 4.83. The summed E-state index contributed by atoms with van der Waals surface area (Å²) in [4.78, 5) is 38.5. The maximum Gasteiger partial charge on any atom is 0.290 e. The Morgan fingerprint density at radius 3 is 2.54 bits per heavy atom. The number of aryl methyl sites for hydroxylation is 2. The minimum Gasteiger partial charge on any atom is -0.503 e. The van der Waals surface area contributed by atoms with E-state index in [1.54, 1.807) is 36.4 Å². The van der Waals surface area contributed by atoms with Crippen LogP contribution in [-0.2, 0) is 4.79 Å². The van der Waals surface area contributed by atoms with Crippen LogP contribution in [0, 0.1) is 13.8 Å². The number of rotatable bonds is 7. The van der Waals surface area contributed by atoms with Crippen LogP contribution in [0.4, 0.5) is 0 Å². The number of aliphatic hydroxyl groups excluding tert-OH is 1. The lowest BCUT2D eigenvalue weighted by atomic mass is 9.95. The Morgan fingerprint density at radius 1 is 1.29 bits per heavy atom. The Labute approximate surface area is 168 Å². The van der Waals surface area contributed by atoms with Crippen LogP contribution in [0.5, 0.6) is 0 Å². The van der Waals surface area contributed by atoms with Gasteiger partial charge in [-0.1, -0.05) is 0 Å². The number of carbonyl (C=O) groups is 2. The predicted molar refractivity (Wildman–Crippen MR) is 107 cm³/mol. The maximum absolute atomic E-state index is 13.3. The first-order chi connectivity index (χ1) is 13.3. The van der Waals surface area contributed by atoms with Crippen LogP contribution in [-0.4, -0.2) is 63.7 Å². The van der Waals surface area contributed by atoms with Crippen LogP contribution >= 0.6 is 11.3 Å². The van der Waals surface area contributed by atoms with Gasteiger partial charge in [-0.25, -0.2) is 4.98 Å². The molecule has 1 atom stereocenters. The van der Waals surface area contributed by atoms with Crippen LogP contribution in [0.25, 0.3) is 0 Å². The third kappa shape index (κ3) is 3.83. The molecule has 1 N–H and O–H groups in total. The zero-order valence-corrected chi connectivity index (χ0v) is 17.3. The number of thiazole rings is 1. The second kappa shape index (κ2) is 8.20. The molecular weight excluding hydrogens is 376 g/mol. The van der Waals surface area contributed by atoms with Gasteiger partial charge in [-0.2, -0.15) is 0 Å². The molecule has 1 unspecified atom stereocenters. The van der Waals surface area contributed by atoms with Gasteiger partial charge in [-0.15, -0.1) is 11.3 Å². The lowest BCUT2D eigenvalue weighted by Crippen LogP contribution is -2.33. The smallest absolute Gasteiger partial charge is 0.290 e. The minimum atomic E-state index is -0.632. The summed E-state index contributed by atoms with van der Waals surface area (Å²) in [5.74, 6) is -1.32. The highest BCUT2D eigenvalue weighted by Crippen LogP contribution is 2.39. The summed E-state index contributed by atoms with van der Waals surface area (Å²) >= 11 is 1.28. The Hall–Kier alpha value is -2.58. The van der Waals surface area contributed by atoms with Crippen molar-refractivity contribution in [3.8, 4) is 0 Å². The van der Waals surface area contributed by atoms with E-state index in [9.17, 15) is 14.7 Å². The van der Waals surface area contributed by atoms with E-state index in [4.69, 9.17) is 0 Å². The molecule has 0 bridgehead atoms. The first-order valence-corrected chi connectivity index (χ1v) is 9.90. The van der Waals surface area contributed by atoms with Crippen LogP contribution in [0.2, 0.25) is 0 Å². The number of hydrogen-bond acceptors (Lipinski definition) is 7. The van der Waals surface area contributed by atoms with Gasteiger partial charge in [-0.05, 0) is 58.6 Å². The van der Waals surface area contributed by atoms with Gasteiger partial charge in [-0.3, -0.25) is 14.6 Å². The molecule has 7 nitrogen and oxygen atoms in total. The van der Waals surface area contributed by atoms with Gasteiger partial charge in [0.25, 0.3) is 5.91 Å². The fraction of sp³-hybridized carbons (Fsp3) is 0.400. The quantitative estimate of drug-likeness (QED) is 0.719. The zero-order valence-electron chi connectivity index (χ0n) is 16.5. The molecular formula is C20H24N4O3S. The highest BCUT2D eigenvalue weighted by Gasteiger charge is 2.44. The normalized spacial score (nSPS) is 17.1. The largest absolute Gasteiger partial charge is 0.503 e. The van der Waals surface area contributed by atoms with Crippen LogP contribution in [0.3, 0.4) is 0 Å². The first-order valence-electron chi connectivity index (χ1n) is 9.08. The standard InChI is InChI=1S/C20H24N4O3S/c1-12-19(28-13(2)22-12)17(25)15-16(14-6-8-21-9-7-14)24(20(27)18(15)26)11-5-10-23(3)4/h6-9,16,26H,5,10-11H2,1-4H3. The molecule has 3 heterocycles. The molecule has 3 rings (SSSR count). The van der Waals surface area contributed by atoms with E-state index < -0.39 is 17.7 Å². The molecule has 0 fully saturated rings. The number of pyridine rings is 1. The molecule has 2 aromatic rings. The van der Waals surface area contributed by atoms with Crippen molar-refractivity contribution >= 4 is 23.0 Å². The molecule has 1 amide bonds. The van der Waals surface area contributed by atoms with Crippen molar-refractivity contribution < 1.29 is 14.7 Å². The summed E-state index contributed by atoms with van der Waals surface area (Å²) in [5.41, 5.74) is 1.48. The Morgan fingerprint density at radius 2 is 1.96 bits per heavy atom. The molecule has 148 valence electrons. The SMILES string of the molecule is Cc1nc(C)c(C(=O)C2=C(O)C(=O)N(CCCN(C)C)C2c2ccncc2)s1. The van der Waals surface area contributed by atoms with Crippen molar-refractivity contribution in [2.24, 2.45) is 0 Å². The Balaban J connectivity index is 2.01. The van der Waals surface area contributed by atoms with E-state index in [-0.39, 0.29) is 11.4 Å². The number of hydrogen-bond donors (Lipinski definition) is 1. The molecule has 0 spiro atoms. The second-order valence-corrected chi connectivity index (χ2v) is 8.28. The zero-order chi connectivity index (χ0) is 20.4. The van der Waals surface area contributed by atoms with E-state index >= 15 is 0 Å². The molecule has 1 aliphatic rings. The fourth-order valence-electron chi connectivity index (χ4n) is 3.43. The summed E-state index contributed by atoms with van der Waals surface area (Å²) < 4.78 is 0. The molecule has 0 saturated heterocycles. The van der Waals surface area contributed by atoms with Gasteiger partial charge in [0.2, 0.25) is 5.78 Å². The lowest BCUT2D eigenvalue weighted by Gasteiger charge is -2.27. The van der Waals surface area contributed by atoms with Crippen molar-refractivity contribution in [3.05, 3.63) is 57.0 Å². The van der Waals surface area contributed by atoms with E-state index in [2.05, 4.69) is 9.97 Å². The van der Waals surface area contributed by atoms with Crippen LogP contribution in [0.15, 0.2) is 35.9 Å². The van der Waals surface area contributed by atoms with E-state index in [0.29, 0.717) is 17.1 Å². The summed E-state index contributed by atoms with van der Waals surface area (Å²) in [7, 11) is 3.93. The minimum absolute atomic E-state index is 0.118. The Bertz CT molecular complexity index is 921. The van der Waals surface area contributed by atoms with Gasteiger partial charge in [0.05, 0.1) is 27.2 Å². The lowest BCUT2D eigenvalue weighted by molar-refractivity contribution is -0.129. The van der Waals surface area contributed by atoms with E-state index in [1.807, 2.05) is 25.9 Å². The number of carbonyl (C=O) groups excluding carboxylic acids is 2. The molecule has 8 heteroatoms. The number of aromatic nitrogens is 2. The molecule has 0 radical (unpaired) electrons. The fourth-order valence-corrected chi connectivity index (χ4v) is 4.30. The third-order valence-electron chi connectivity index (χ3n) is 4.68. The molecule has 0 saturated carbocycles. The number of ketones is 1. The van der Waals surface area contributed by atoms with Gasteiger partial charge in [0, 0.05) is 18.9 Å². The van der Waals surface area contributed by atoms with Gasteiger partial charge < -0.3 is 14.9 Å². The first kappa shape index (κ1) is 20.2. The van der Waals surface area contributed by atoms with E-state index in [1.165, 1.54) is 11.3 Å². The molecule has 0 aliphatic carbocycles. The van der Waals surface area contributed by atoms with Crippen LogP contribution < -0.4 is 0 Å². The number of aliphatic hydroxyl groups is 1. The van der Waals surface area contributed by atoms with Gasteiger partial charge in [0.1, 0.15) is 0 Å². The topological polar surface area (TPSA) is 86.6 Å². The second-order valence-electron chi connectivity index (χ2n) is 7.08. The monoisotopic (exact) mass is 400 g/mol. The van der Waals surface area contributed by atoms with Crippen LogP contribution in [0.1, 0.15) is 38.4 Å². The van der Waals surface area contributed by atoms with Crippen molar-refractivity contribution in [2.45, 2.75) is 26.3 Å². The summed E-state index contributed by atoms with van der Waals surface area (Å²) in [5, 5.41) is 11.4. The van der Waals surface area contributed by atoms with Gasteiger partial charge in [0.15, 0.2) is 5.76 Å². The highest BCUT2D eigenvalue weighted by molar-refractivity contribution is 7.14. The third-order valence-corrected chi connectivity index (χ3v) is 5.76. The van der Waals surface area contributed by atoms with Crippen molar-refractivity contribution in [3.63, 3.8) is 0 Å². The maximum atomic E-state index is 13.3. The average Bonchev–Trinajstić information content (AvgIpc) is 3.12. The molecule has 28 heavy (non-hydrogen) atoms. The average molecular weight is 401 g/mol. The number of Topliss-reactive ketones (excluding diaryl/α,β-unsaturated/α-hetero) is 1. The molecule has 0 aromatic carbocycles.